The predicted octanol–water partition coefficient (Wildman–Crippen LogP) is 5.10. The minimum Gasteiger partial charge on any atom is -0.411 e. The molecular weight excluding hydrogens is 252 g/mol. The molecule has 0 aliphatic carbocycles. The fraction of sp³-hybridized carbons (Fsp3) is 0.812. The lowest BCUT2D eigenvalue weighted by Crippen LogP contribution is -2.43. The Morgan fingerprint density at radius 1 is 1.26 bits per heavy atom. The van der Waals surface area contributed by atoms with Crippen LogP contribution in [0, 0.1) is 0 Å². The van der Waals surface area contributed by atoms with Gasteiger partial charge in [0.1, 0.15) is 0 Å². The molecule has 0 saturated heterocycles. The van der Waals surface area contributed by atoms with E-state index < -0.39 is 8.32 Å². The van der Waals surface area contributed by atoms with Crippen LogP contribution in [0.1, 0.15) is 60.3 Å². The lowest BCUT2D eigenvalue weighted by atomic mass is 10.1. The van der Waals surface area contributed by atoms with Crippen LogP contribution in [0.5, 0.6) is 0 Å². The molecule has 2 nitrogen and oxygen atoms in total. The molecule has 1 unspecified atom stereocenters. The molecule has 0 N–H and O–H groups in total. The molecule has 0 heterocycles. The van der Waals surface area contributed by atoms with E-state index in [0.29, 0.717) is 0 Å². The lowest BCUT2D eigenvalue weighted by Gasteiger charge is -2.38. The fourth-order valence-corrected chi connectivity index (χ4v) is 2.89. The van der Waals surface area contributed by atoms with E-state index in [9.17, 15) is 4.79 Å². The van der Waals surface area contributed by atoms with Crippen LogP contribution in [0.25, 0.3) is 0 Å². The number of hydrogen-bond acceptors (Lipinski definition) is 2. The molecule has 1 atom stereocenters. The van der Waals surface area contributed by atoms with Crippen molar-refractivity contribution in [2.45, 2.75) is 84.5 Å². The number of carbonyl (C=O) groups excluding carboxylic acids is 1. The van der Waals surface area contributed by atoms with E-state index in [-0.39, 0.29) is 16.9 Å². The Bertz CT molecular complexity index is 300. The molecular formula is C16H32O2Si. The molecule has 3 heteroatoms. The molecule has 0 spiro atoms. The predicted molar refractivity (Wildman–Crippen MR) is 86.0 cm³/mol. The van der Waals surface area contributed by atoms with E-state index in [1.165, 1.54) is 12.8 Å². The van der Waals surface area contributed by atoms with Gasteiger partial charge in [-0.3, -0.25) is 4.79 Å². The van der Waals surface area contributed by atoms with Crippen molar-refractivity contribution in [3.8, 4) is 0 Å². The summed E-state index contributed by atoms with van der Waals surface area (Å²) in [5.41, 5.74) is 0. The lowest BCUT2D eigenvalue weighted by molar-refractivity contribution is -0.112. The molecule has 0 aliphatic rings. The Labute approximate surface area is 120 Å². The van der Waals surface area contributed by atoms with E-state index in [0.717, 1.165) is 12.8 Å². The summed E-state index contributed by atoms with van der Waals surface area (Å²) in [5, 5.41) is 0.208. The molecule has 0 aliphatic heterocycles. The third-order valence-electron chi connectivity index (χ3n) is 3.89. The molecule has 0 rings (SSSR count). The molecule has 0 bridgehead atoms. The van der Waals surface area contributed by atoms with E-state index >= 15 is 0 Å². The maximum Gasteiger partial charge on any atom is 0.192 e. The van der Waals surface area contributed by atoms with Crippen molar-refractivity contribution >= 4 is 14.1 Å². The van der Waals surface area contributed by atoms with E-state index in [1.54, 1.807) is 13.0 Å². The number of unbranched alkanes of at least 4 members (excludes halogenated alkanes) is 2. The van der Waals surface area contributed by atoms with Gasteiger partial charge in [0.05, 0.1) is 6.10 Å². The topological polar surface area (TPSA) is 26.3 Å². The summed E-state index contributed by atoms with van der Waals surface area (Å²) in [5.74, 6) is 0.0966. The van der Waals surface area contributed by atoms with Crippen molar-refractivity contribution in [1.82, 2.24) is 0 Å². The highest BCUT2D eigenvalue weighted by atomic mass is 28.4. The van der Waals surface area contributed by atoms with Crippen molar-refractivity contribution in [2.75, 3.05) is 0 Å². The first-order valence-corrected chi connectivity index (χ1v) is 10.4. The van der Waals surface area contributed by atoms with Gasteiger partial charge in [-0.05, 0) is 37.6 Å². The third kappa shape index (κ3) is 7.68. The van der Waals surface area contributed by atoms with Crippen LogP contribution >= 0.6 is 0 Å². The van der Waals surface area contributed by atoms with E-state index in [4.69, 9.17) is 4.43 Å². The first-order chi connectivity index (χ1) is 8.60. The first kappa shape index (κ1) is 18.6. The summed E-state index contributed by atoms with van der Waals surface area (Å²) in [6.45, 7) is 15.1. The summed E-state index contributed by atoms with van der Waals surface area (Å²) in [6.07, 6.45) is 8.33. The summed E-state index contributed by atoms with van der Waals surface area (Å²) < 4.78 is 6.40. The number of carbonyl (C=O) groups is 1. The molecule has 19 heavy (non-hydrogen) atoms. The highest BCUT2D eigenvalue weighted by Gasteiger charge is 2.38. The van der Waals surface area contributed by atoms with Crippen molar-refractivity contribution in [2.24, 2.45) is 0 Å². The van der Waals surface area contributed by atoms with Crippen molar-refractivity contribution < 1.29 is 9.22 Å². The number of allylic oxidation sites excluding steroid dienone is 1. The van der Waals surface area contributed by atoms with Gasteiger partial charge in [-0.2, -0.15) is 0 Å². The molecule has 0 amide bonds. The maximum atomic E-state index is 11.1. The smallest absolute Gasteiger partial charge is 0.192 e. The van der Waals surface area contributed by atoms with Crippen LogP contribution in [0.15, 0.2) is 12.2 Å². The Kier molecular flexibility index (Phi) is 7.83. The largest absolute Gasteiger partial charge is 0.411 e. The molecule has 0 aromatic carbocycles. The Balaban J connectivity index is 4.70. The number of hydrogen-bond donors (Lipinski definition) is 0. The monoisotopic (exact) mass is 284 g/mol. The van der Waals surface area contributed by atoms with Crippen LogP contribution in [-0.4, -0.2) is 20.2 Å². The summed E-state index contributed by atoms with van der Waals surface area (Å²) in [7, 11) is -1.76. The second-order valence-corrected chi connectivity index (χ2v) is 11.6. The normalized spacial score (nSPS) is 14.9. The molecule has 112 valence electrons. The maximum absolute atomic E-state index is 11.1. The minimum absolute atomic E-state index is 0.0938. The standard InChI is InChI=1S/C16H32O2Si/c1-8-9-10-11-15(13-12-14(2)17)18-19(6,7)16(3,4)5/h12-13,15H,8-11H2,1-7H3/b13-12+. The second kappa shape index (κ2) is 8.00. The average Bonchev–Trinajstić information content (AvgIpc) is 2.24. The van der Waals surface area contributed by atoms with Crippen molar-refractivity contribution in [3.63, 3.8) is 0 Å². The zero-order chi connectivity index (χ0) is 15.1. The van der Waals surface area contributed by atoms with Crippen molar-refractivity contribution in [3.05, 3.63) is 12.2 Å². The van der Waals surface area contributed by atoms with Crippen molar-refractivity contribution in [1.29, 1.82) is 0 Å². The molecule has 0 saturated carbocycles. The number of rotatable bonds is 8. The van der Waals surface area contributed by atoms with E-state index in [1.807, 2.05) is 6.08 Å². The minimum atomic E-state index is -1.76. The fourth-order valence-electron chi connectivity index (χ4n) is 1.59. The second-order valence-electron chi connectivity index (χ2n) is 6.88. The quantitative estimate of drug-likeness (QED) is 0.352. The van der Waals surface area contributed by atoms with Crippen LogP contribution in [-0.2, 0) is 9.22 Å². The molecule has 0 aromatic heterocycles. The SMILES string of the molecule is CCCCCC(/C=C/C(C)=O)O[Si](C)(C)C(C)(C)C. The zero-order valence-corrected chi connectivity index (χ0v) is 14.9. The van der Waals surface area contributed by atoms with Gasteiger partial charge in [0, 0.05) is 0 Å². The summed E-state index contributed by atoms with van der Waals surface area (Å²) in [4.78, 5) is 11.1. The van der Waals surface area contributed by atoms with Gasteiger partial charge in [0.15, 0.2) is 14.1 Å². The van der Waals surface area contributed by atoms with Gasteiger partial charge in [0.2, 0.25) is 0 Å². The highest BCUT2D eigenvalue weighted by Crippen LogP contribution is 2.37. The molecule has 0 fully saturated rings. The highest BCUT2D eigenvalue weighted by molar-refractivity contribution is 6.74. The third-order valence-corrected chi connectivity index (χ3v) is 8.39. The molecule has 0 aromatic rings. The number of ketones is 1. The van der Waals surface area contributed by atoms with Crippen LogP contribution in [0.2, 0.25) is 18.1 Å². The van der Waals surface area contributed by atoms with E-state index in [2.05, 4.69) is 40.8 Å². The summed E-state index contributed by atoms with van der Waals surface area (Å²) in [6, 6.07) is 0. The van der Waals surface area contributed by atoms with Crippen LogP contribution in [0.3, 0.4) is 0 Å². The molecule has 0 radical (unpaired) electrons. The first-order valence-electron chi connectivity index (χ1n) is 7.46. The Morgan fingerprint density at radius 3 is 2.26 bits per heavy atom. The van der Waals surface area contributed by atoms with Gasteiger partial charge in [-0.25, -0.2) is 0 Å². The van der Waals surface area contributed by atoms with Gasteiger partial charge in [0.25, 0.3) is 0 Å². The van der Waals surface area contributed by atoms with Gasteiger partial charge in [-0.1, -0.05) is 53.0 Å². The Hall–Kier alpha value is -0.413. The summed E-state index contributed by atoms with van der Waals surface area (Å²) >= 11 is 0. The van der Waals surface area contributed by atoms with Crippen LogP contribution < -0.4 is 0 Å². The van der Waals surface area contributed by atoms with Gasteiger partial charge < -0.3 is 4.43 Å². The zero-order valence-electron chi connectivity index (χ0n) is 13.9. The average molecular weight is 285 g/mol. The Morgan fingerprint density at radius 2 is 1.84 bits per heavy atom. The van der Waals surface area contributed by atoms with Crippen LogP contribution in [0.4, 0.5) is 0 Å². The van der Waals surface area contributed by atoms with Gasteiger partial charge in [-0.15, -0.1) is 0 Å². The van der Waals surface area contributed by atoms with Gasteiger partial charge >= 0.3 is 0 Å².